The first-order valence-electron chi connectivity index (χ1n) is 28.3. The number of para-hydroxylation sites is 1. The lowest BCUT2D eigenvalue weighted by Crippen LogP contribution is -2.52. The van der Waals surface area contributed by atoms with Crippen molar-refractivity contribution in [2.45, 2.75) is 116 Å². The number of carbonyl (C=O) groups excluding carboxylic acids is 2. The van der Waals surface area contributed by atoms with Gasteiger partial charge in [-0.05, 0) is 155 Å². The van der Waals surface area contributed by atoms with E-state index in [4.69, 9.17) is 19.5 Å². The smallest absolute Gasteiger partial charge is 0.416 e. The number of amides is 2. The fourth-order valence-corrected chi connectivity index (χ4v) is 11.6. The number of piperazine rings is 1. The molecule has 2 amide bonds. The summed E-state index contributed by atoms with van der Waals surface area (Å²) in [5.41, 5.74) is -4.83. The fraction of sp³-hybridized carbons (Fsp3) is 0.508. The number of halogens is 12. The highest BCUT2D eigenvalue weighted by Crippen LogP contribution is 2.41. The molecule has 3 aliphatic carbocycles. The number of benzene rings is 3. The van der Waals surface area contributed by atoms with Gasteiger partial charge in [0.15, 0.2) is 0 Å². The molecule has 1 unspecified atom stereocenters. The molecule has 1 saturated heterocycles. The third-order valence-electron chi connectivity index (χ3n) is 16.3. The number of nitrogens with zero attached hydrogens (tertiary/aromatic N) is 7. The maximum atomic E-state index is 14.3. The molecule has 0 bridgehead atoms. The highest BCUT2D eigenvalue weighted by molar-refractivity contribution is 6.01. The molecule has 0 N–H and O–H groups in total. The molecule has 0 radical (unpaired) electrons. The number of fused-ring (bicyclic) bond motifs is 2. The number of hydrogen-bond acceptors (Lipinski definition) is 9. The zero-order valence-electron chi connectivity index (χ0n) is 46.8. The Kier molecular flexibility index (Phi) is 18.4. The molecule has 4 aromatic rings. The maximum Gasteiger partial charge on any atom is 0.416 e. The summed E-state index contributed by atoms with van der Waals surface area (Å²) in [6.45, 7) is 7.93. The third kappa shape index (κ3) is 15.4. The number of ether oxygens (including phenoxy) is 2. The number of amidine groups is 1. The summed E-state index contributed by atoms with van der Waals surface area (Å²) in [5.74, 6) is 1.76. The van der Waals surface area contributed by atoms with Crippen molar-refractivity contribution in [2.75, 3.05) is 70.5 Å². The van der Waals surface area contributed by atoms with E-state index >= 15 is 0 Å². The molecular formula is C61H67F12N7O4. The molecule has 2 saturated carbocycles. The molecule has 3 heterocycles. The number of allylic oxidation sites excluding steroid dienone is 2. The third-order valence-corrected chi connectivity index (χ3v) is 16.3. The van der Waals surface area contributed by atoms with Crippen LogP contribution in [-0.2, 0) is 53.8 Å². The Morgan fingerprint density at radius 3 is 1.74 bits per heavy atom. The lowest BCUT2D eigenvalue weighted by atomic mass is 9.81. The van der Waals surface area contributed by atoms with Crippen LogP contribution in [0.5, 0.6) is 0 Å². The van der Waals surface area contributed by atoms with Gasteiger partial charge in [0, 0.05) is 75.4 Å². The van der Waals surface area contributed by atoms with Crippen LogP contribution in [0.4, 0.5) is 68.1 Å². The topological polar surface area (TPSA) is 94.0 Å². The van der Waals surface area contributed by atoms with Gasteiger partial charge in [-0.15, -0.1) is 0 Å². The minimum Gasteiger partial charge on any atom is -0.450 e. The van der Waals surface area contributed by atoms with Gasteiger partial charge in [-0.25, -0.2) is 14.6 Å². The summed E-state index contributed by atoms with van der Waals surface area (Å²) >= 11 is 0. The van der Waals surface area contributed by atoms with Crippen LogP contribution in [0, 0.1) is 17.8 Å². The Balaban J connectivity index is 0.855. The summed E-state index contributed by atoms with van der Waals surface area (Å²) in [6, 6.07) is 11.7. The summed E-state index contributed by atoms with van der Waals surface area (Å²) in [5, 5.41) is 0.738. The Morgan fingerprint density at radius 1 is 0.655 bits per heavy atom. The Bertz CT molecular complexity index is 3090. The number of carbonyl (C=O) groups is 2. The number of alkyl halides is 12. The molecule has 454 valence electrons. The fourth-order valence-electron chi connectivity index (χ4n) is 11.6. The van der Waals surface area contributed by atoms with Crippen LogP contribution in [0.15, 0.2) is 107 Å². The minimum atomic E-state index is -5.10. The molecule has 2 aliphatic heterocycles. The number of anilines is 1. The molecule has 23 heteroatoms. The first-order chi connectivity index (χ1) is 39.6. The van der Waals surface area contributed by atoms with Crippen molar-refractivity contribution in [3.63, 3.8) is 0 Å². The number of aliphatic imine (C=N–C) groups is 1. The number of hydrogen-bond donors (Lipinski definition) is 0. The van der Waals surface area contributed by atoms with E-state index in [2.05, 4.69) is 14.7 Å². The van der Waals surface area contributed by atoms with E-state index in [1.165, 1.54) is 6.92 Å². The Morgan fingerprint density at radius 2 is 1.19 bits per heavy atom. The van der Waals surface area contributed by atoms with Crippen LogP contribution < -0.4 is 4.90 Å². The van der Waals surface area contributed by atoms with Gasteiger partial charge < -0.3 is 19.3 Å². The number of rotatable bonds is 17. The Labute approximate surface area is 479 Å². The number of aromatic nitrogens is 1. The number of pyridine rings is 1. The molecule has 11 nitrogen and oxygen atoms in total. The van der Waals surface area contributed by atoms with Crippen LogP contribution in [-0.4, -0.2) is 114 Å². The van der Waals surface area contributed by atoms with E-state index in [1.807, 2.05) is 68.5 Å². The van der Waals surface area contributed by atoms with Gasteiger partial charge >= 0.3 is 36.9 Å². The van der Waals surface area contributed by atoms with Gasteiger partial charge in [0.1, 0.15) is 11.7 Å². The summed E-state index contributed by atoms with van der Waals surface area (Å²) < 4.78 is 179. The lowest BCUT2D eigenvalue weighted by molar-refractivity contribution is -0.144. The predicted molar refractivity (Wildman–Crippen MR) is 292 cm³/mol. The van der Waals surface area contributed by atoms with Crippen LogP contribution in [0.1, 0.15) is 105 Å². The molecule has 5 aliphatic rings. The minimum absolute atomic E-state index is 0.0194. The van der Waals surface area contributed by atoms with E-state index in [0.717, 1.165) is 53.0 Å². The zero-order chi connectivity index (χ0) is 60.4. The predicted octanol–water partition coefficient (Wildman–Crippen LogP) is 14.8. The second-order valence-corrected chi connectivity index (χ2v) is 22.8. The van der Waals surface area contributed by atoms with Gasteiger partial charge in [0.2, 0.25) is 0 Å². The molecule has 3 aromatic carbocycles. The largest absolute Gasteiger partial charge is 0.450 e. The normalized spacial score (nSPS) is 20.7. The number of dihydropyridines is 1. The van der Waals surface area contributed by atoms with Crippen molar-refractivity contribution >= 4 is 34.7 Å². The quantitative estimate of drug-likeness (QED) is 0.0965. The van der Waals surface area contributed by atoms with Crippen molar-refractivity contribution in [3.05, 3.63) is 141 Å². The average molecular weight is 1190 g/mol. The van der Waals surface area contributed by atoms with Gasteiger partial charge in [-0.1, -0.05) is 36.4 Å². The molecule has 1 atom stereocenters. The molecule has 3 fully saturated rings. The zero-order valence-corrected chi connectivity index (χ0v) is 46.8. The first kappa shape index (κ1) is 61.8. The first-order valence-corrected chi connectivity index (χ1v) is 28.3. The average Bonchev–Trinajstić information content (AvgIpc) is 1.24. The van der Waals surface area contributed by atoms with Crippen LogP contribution >= 0.6 is 0 Å². The van der Waals surface area contributed by atoms with E-state index in [0.29, 0.717) is 117 Å². The van der Waals surface area contributed by atoms with Gasteiger partial charge in [0.25, 0.3) is 0 Å². The van der Waals surface area contributed by atoms with Crippen LogP contribution in [0.3, 0.4) is 0 Å². The van der Waals surface area contributed by atoms with Crippen molar-refractivity contribution in [1.82, 2.24) is 24.6 Å². The van der Waals surface area contributed by atoms with E-state index in [-0.39, 0.29) is 61.4 Å². The maximum absolute atomic E-state index is 14.3. The summed E-state index contributed by atoms with van der Waals surface area (Å²) in [4.78, 5) is 46.7. The lowest BCUT2D eigenvalue weighted by Gasteiger charge is -2.43. The van der Waals surface area contributed by atoms with E-state index in [9.17, 15) is 62.3 Å². The monoisotopic (exact) mass is 1190 g/mol. The standard InChI is InChI=1S/C61H67F12N7O4/c1-4-77(33-40-13-14-40)53-45(28-44-10-6-7-12-52(44)74-53)36-80(35-43-26-50(60(68,69)70)31-51(27-43)61(71,72)73)56(82)84-38-41-17-15-39(16-18-41)32-76-20-22-78(23-21-76)54-46(29-47-11-8-9-19-57(47,3)75-54)37-79(55(81)83-5-2)34-42-24-48(58(62,63)64)30-49(25-42)59(65,66)67/h6-12,24-31,39-41H,4-5,13-23,32-38H2,1-3H3. The molecule has 1 aromatic heterocycles. The van der Waals surface area contributed by atoms with Crippen molar-refractivity contribution < 1.29 is 71.7 Å². The van der Waals surface area contributed by atoms with Crippen molar-refractivity contribution in [1.29, 1.82) is 0 Å². The Hall–Kier alpha value is -6.78. The van der Waals surface area contributed by atoms with E-state index < -0.39 is 77.8 Å². The highest BCUT2D eigenvalue weighted by atomic mass is 19.4. The molecular weight excluding hydrogens is 1120 g/mol. The molecule has 0 spiro atoms. The van der Waals surface area contributed by atoms with Crippen LogP contribution in [0.25, 0.3) is 10.9 Å². The van der Waals surface area contributed by atoms with Crippen LogP contribution in [0.2, 0.25) is 0 Å². The van der Waals surface area contributed by atoms with Crippen molar-refractivity contribution in [3.8, 4) is 0 Å². The van der Waals surface area contributed by atoms with Gasteiger partial charge in [-0.3, -0.25) is 19.7 Å². The van der Waals surface area contributed by atoms with Gasteiger partial charge in [0.05, 0.1) is 59.6 Å². The summed E-state index contributed by atoms with van der Waals surface area (Å²) in [7, 11) is 0. The second kappa shape index (κ2) is 25.0. The second-order valence-electron chi connectivity index (χ2n) is 22.8. The molecule has 9 rings (SSSR count). The van der Waals surface area contributed by atoms with Gasteiger partial charge in [-0.2, -0.15) is 52.7 Å². The highest BCUT2D eigenvalue weighted by Gasteiger charge is 2.41. The summed E-state index contributed by atoms with van der Waals surface area (Å²) in [6.07, 6.45) is -9.00. The molecule has 84 heavy (non-hydrogen) atoms. The SMILES string of the molecule is CCOC(=O)N(CC1=CC2=CC=CCC2(C)N=C1N1CCN(CC2CCC(COC(=O)N(Cc3cc(C(F)(F)F)cc(C(F)(F)F)c3)Cc3cc4ccccc4nc3N(CC)CC3CC3)CC2)CC1)Cc1cc(C(F)(F)F)cc(C(F)(F)F)c1. The van der Waals surface area contributed by atoms with E-state index in [1.54, 1.807) is 0 Å². The van der Waals surface area contributed by atoms with Crippen molar-refractivity contribution in [2.24, 2.45) is 22.7 Å².